The molecule has 30 heavy (non-hydrogen) atoms. The standard InChI is InChI=1S/C19H21ClN4O5S/c1-21(2)17-8-3-14(13-18(17)24(26)27)19(25)22-9-11-23(12-10-22)30(28,29)16-6-4-15(20)5-7-16/h3-8,13H,9-12H2,1-2H3. The minimum Gasteiger partial charge on any atom is -0.372 e. The van der Waals surface area contributed by atoms with Gasteiger partial charge in [-0.05, 0) is 36.4 Å². The average Bonchev–Trinajstić information content (AvgIpc) is 2.73. The van der Waals surface area contributed by atoms with Gasteiger partial charge in [-0.15, -0.1) is 0 Å². The van der Waals surface area contributed by atoms with E-state index in [4.69, 9.17) is 11.6 Å². The number of anilines is 1. The third-order valence-corrected chi connectivity index (χ3v) is 7.04. The normalized spacial score (nSPS) is 15.1. The largest absolute Gasteiger partial charge is 0.372 e. The second-order valence-corrected chi connectivity index (χ2v) is 9.38. The second-order valence-electron chi connectivity index (χ2n) is 7.01. The van der Waals surface area contributed by atoms with Crippen molar-refractivity contribution >= 4 is 38.9 Å². The van der Waals surface area contributed by atoms with Gasteiger partial charge in [0.1, 0.15) is 5.69 Å². The summed E-state index contributed by atoms with van der Waals surface area (Å²) in [5.41, 5.74) is 0.437. The Morgan fingerprint density at radius 2 is 1.67 bits per heavy atom. The number of rotatable bonds is 5. The summed E-state index contributed by atoms with van der Waals surface area (Å²) in [6, 6.07) is 10.3. The molecular formula is C19H21ClN4O5S. The fraction of sp³-hybridized carbons (Fsp3) is 0.316. The molecule has 9 nitrogen and oxygen atoms in total. The lowest BCUT2D eigenvalue weighted by Crippen LogP contribution is -2.50. The first kappa shape index (κ1) is 22.0. The zero-order valence-corrected chi connectivity index (χ0v) is 18.1. The number of nitro groups is 1. The number of hydrogen-bond acceptors (Lipinski definition) is 6. The number of nitro benzene ring substituents is 1. The molecule has 1 aliphatic rings. The summed E-state index contributed by atoms with van der Waals surface area (Å²) < 4.78 is 26.8. The molecule has 1 amide bonds. The summed E-state index contributed by atoms with van der Waals surface area (Å²) in [4.78, 5) is 26.9. The van der Waals surface area contributed by atoms with Crippen molar-refractivity contribution in [3.05, 3.63) is 63.2 Å². The third kappa shape index (κ3) is 4.40. The monoisotopic (exact) mass is 452 g/mol. The van der Waals surface area contributed by atoms with Crippen LogP contribution in [-0.4, -0.2) is 68.7 Å². The van der Waals surface area contributed by atoms with Crippen molar-refractivity contribution in [3.63, 3.8) is 0 Å². The van der Waals surface area contributed by atoms with Crippen LogP contribution in [0, 0.1) is 10.1 Å². The van der Waals surface area contributed by atoms with E-state index in [-0.39, 0.29) is 48.2 Å². The molecule has 160 valence electrons. The van der Waals surface area contributed by atoms with Crippen LogP contribution in [-0.2, 0) is 10.0 Å². The van der Waals surface area contributed by atoms with E-state index in [0.717, 1.165) is 0 Å². The van der Waals surface area contributed by atoms with E-state index in [1.807, 2.05) is 0 Å². The van der Waals surface area contributed by atoms with Gasteiger partial charge in [0.15, 0.2) is 0 Å². The van der Waals surface area contributed by atoms with Gasteiger partial charge in [0.05, 0.1) is 9.82 Å². The van der Waals surface area contributed by atoms with E-state index in [1.165, 1.54) is 45.6 Å². The number of amides is 1. The molecular weight excluding hydrogens is 432 g/mol. The van der Waals surface area contributed by atoms with E-state index in [1.54, 1.807) is 25.1 Å². The van der Waals surface area contributed by atoms with Gasteiger partial charge in [-0.2, -0.15) is 4.31 Å². The van der Waals surface area contributed by atoms with Gasteiger partial charge in [-0.1, -0.05) is 11.6 Å². The van der Waals surface area contributed by atoms with E-state index in [0.29, 0.717) is 10.7 Å². The Morgan fingerprint density at radius 1 is 1.07 bits per heavy atom. The lowest BCUT2D eigenvalue weighted by molar-refractivity contribution is -0.384. The zero-order chi connectivity index (χ0) is 22.1. The SMILES string of the molecule is CN(C)c1ccc(C(=O)N2CCN(S(=O)(=O)c3ccc(Cl)cc3)CC2)cc1[N+](=O)[O-]. The lowest BCUT2D eigenvalue weighted by atomic mass is 10.1. The minimum absolute atomic E-state index is 0.134. The smallest absolute Gasteiger partial charge is 0.293 e. The first-order valence-electron chi connectivity index (χ1n) is 9.12. The highest BCUT2D eigenvalue weighted by Gasteiger charge is 2.31. The van der Waals surface area contributed by atoms with Gasteiger partial charge >= 0.3 is 0 Å². The van der Waals surface area contributed by atoms with Crippen molar-refractivity contribution in [3.8, 4) is 0 Å². The number of halogens is 1. The second kappa shape index (κ2) is 8.58. The van der Waals surface area contributed by atoms with Gasteiger partial charge in [0.2, 0.25) is 10.0 Å². The molecule has 0 bridgehead atoms. The van der Waals surface area contributed by atoms with E-state index < -0.39 is 14.9 Å². The van der Waals surface area contributed by atoms with Crippen molar-refractivity contribution in [1.29, 1.82) is 0 Å². The summed E-state index contributed by atoms with van der Waals surface area (Å²) in [5, 5.41) is 11.8. The maximum atomic E-state index is 12.8. The Bertz CT molecular complexity index is 1060. The molecule has 3 rings (SSSR count). The summed E-state index contributed by atoms with van der Waals surface area (Å²) in [5.74, 6) is -0.369. The van der Waals surface area contributed by atoms with Gasteiger partial charge in [0.25, 0.3) is 11.6 Å². The molecule has 0 radical (unpaired) electrons. The summed E-state index contributed by atoms with van der Waals surface area (Å²) >= 11 is 5.82. The summed E-state index contributed by atoms with van der Waals surface area (Å²) in [7, 11) is -0.314. The molecule has 1 saturated heterocycles. The van der Waals surface area contributed by atoms with Crippen molar-refractivity contribution in [2.24, 2.45) is 0 Å². The topological polar surface area (TPSA) is 104 Å². The Labute approximate surface area is 179 Å². The average molecular weight is 453 g/mol. The highest BCUT2D eigenvalue weighted by molar-refractivity contribution is 7.89. The van der Waals surface area contributed by atoms with Crippen LogP contribution in [0.1, 0.15) is 10.4 Å². The number of hydrogen-bond donors (Lipinski definition) is 0. The van der Waals surface area contributed by atoms with Crippen molar-refractivity contribution < 1.29 is 18.1 Å². The number of carbonyl (C=O) groups is 1. The first-order valence-corrected chi connectivity index (χ1v) is 10.9. The Kier molecular flexibility index (Phi) is 6.30. The van der Waals surface area contributed by atoms with Crippen LogP contribution in [0.5, 0.6) is 0 Å². The zero-order valence-electron chi connectivity index (χ0n) is 16.5. The predicted molar refractivity (Wildman–Crippen MR) is 114 cm³/mol. The number of nitrogens with zero attached hydrogens (tertiary/aromatic N) is 4. The van der Waals surface area contributed by atoms with E-state index >= 15 is 0 Å². The fourth-order valence-electron chi connectivity index (χ4n) is 3.25. The van der Waals surface area contributed by atoms with Crippen molar-refractivity contribution in [2.45, 2.75) is 4.90 Å². The van der Waals surface area contributed by atoms with Gasteiger partial charge in [-0.25, -0.2) is 8.42 Å². The maximum Gasteiger partial charge on any atom is 0.293 e. The van der Waals surface area contributed by atoms with Crippen LogP contribution >= 0.6 is 11.6 Å². The van der Waals surface area contributed by atoms with Crippen LogP contribution in [0.25, 0.3) is 0 Å². The van der Waals surface area contributed by atoms with E-state index in [9.17, 15) is 23.3 Å². The molecule has 1 aliphatic heterocycles. The van der Waals surface area contributed by atoms with Crippen molar-refractivity contribution in [2.75, 3.05) is 45.2 Å². The van der Waals surface area contributed by atoms with Gasteiger partial charge in [0, 0.05) is 56.9 Å². The van der Waals surface area contributed by atoms with Crippen LogP contribution in [0.3, 0.4) is 0 Å². The minimum atomic E-state index is -3.68. The number of carbonyl (C=O) groups excluding carboxylic acids is 1. The number of piperazine rings is 1. The highest BCUT2D eigenvalue weighted by Crippen LogP contribution is 2.28. The molecule has 0 aliphatic carbocycles. The molecule has 0 N–H and O–H groups in total. The third-order valence-electron chi connectivity index (χ3n) is 4.88. The summed E-state index contributed by atoms with van der Waals surface area (Å²) in [6.45, 7) is 0.646. The van der Waals surface area contributed by atoms with Crippen LogP contribution in [0.2, 0.25) is 5.02 Å². The quantitative estimate of drug-likeness (QED) is 0.509. The summed E-state index contributed by atoms with van der Waals surface area (Å²) in [6.07, 6.45) is 0. The van der Waals surface area contributed by atoms with Crippen LogP contribution in [0.15, 0.2) is 47.4 Å². The lowest BCUT2D eigenvalue weighted by Gasteiger charge is -2.34. The van der Waals surface area contributed by atoms with Gasteiger partial charge in [-0.3, -0.25) is 14.9 Å². The fourth-order valence-corrected chi connectivity index (χ4v) is 4.80. The molecule has 2 aromatic rings. The van der Waals surface area contributed by atoms with Crippen LogP contribution in [0.4, 0.5) is 11.4 Å². The molecule has 1 heterocycles. The van der Waals surface area contributed by atoms with Crippen LogP contribution < -0.4 is 4.90 Å². The molecule has 0 spiro atoms. The van der Waals surface area contributed by atoms with Crippen molar-refractivity contribution in [1.82, 2.24) is 9.21 Å². The van der Waals surface area contributed by atoms with Gasteiger partial charge < -0.3 is 9.80 Å². The molecule has 0 aromatic heterocycles. The molecule has 1 fully saturated rings. The molecule has 0 unspecified atom stereocenters. The number of sulfonamides is 1. The molecule has 11 heteroatoms. The Balaban J connectivity index is 1.73. The number of benzene rings is 2. The predicted octanol–water partition coefficient (Wildman–Crippen LogP) is 2.46. The first-order chi connectivity index (χ1) is 14.1. The molecule has 0 atom stereocenters. The maximum absolute atomic E-state index is 12.8. The molecule has 0 saturated carbocycles. The Morgan fingerprint density at radius 3 is 2.20 bits per heavy atom. The van der Waals surface area contributed by atoms with E-state index in [2.05, 4.69) is 0 Å². The highest BCUT2D eigenvalue weighted by atomic mass is 35.5. The Hall–Kier alpha value is -2.69. The molecule has 2 aromatic carbocycles.